The molecule has 236 valence electrons. The van der Waals surface area contributed by atoms with Crippen molar-refractivity contribution in [3.8, 4) is 5.75 Å². The fourth-order valence-corrected chi connectivity index (χ4v) is 9.96. The number of ether oxygens (including phenoxy) is 1. The Bertz CT molecular complexity index is 1700. The molecule has 1 spiro atoms. The van der Waals surface area contributed by atoms with E-state index in [1.807, 2.05) is 115 Å². The fraction of sp³-hybridized carbons (Fsp3) is 0.324. The first kappa shape index (κ1) is 30.3. The second-order valence-corrected chi connectivity index (χ2v) is 14.3. The van der Waals surface area contributed by atoms with Crippen molar-refractivity contribution < 1.29 is 24.2 Å². The standard InChI is InChI=1S/C37H37N3O5S/c1-36-19-9-21-38(23-25-11-5-3-6-12-25)33(42)30(36)31-34(43)40(29(24-41)26-13-7-4-8-14-26)32-35(44)39(22-10-20-37(31,32)46-36)27-15-17-28(45-2)18-16-27/h3-20,29-32,41H,21-24H2,1-2H3/t29-,30-,31+,32?,36+,37+/m1/s1. The number of likely N-dealkylation sites (tertiary alicyclic amines) is 1. The molecule has 3 amide bonds. The highest BCUT2D eigenvalue weighted by Crippen LogP contribution is 2.66. The number of hydrogen-bond donors (Lipinski definition) is 1. The number of thioether (sulfide) groups is 1. The normalized spacial score (nSPS) is 29.2. The van der Waals surface area contributed by atoms with Gasteiger partial charge in [0.2, 0.25) is 11.8 Å². The quantitative estimate of drug-likeness (QED) is 0.382. The molecule has 2 fully saturated rings. The number of amides is 3. The Morgan fingerprint density at radius 1 is 0.848 bits per heavy atom. The summed E-state index contributed by atoms with van der Waals surface area (Å²) in [4.78, 5) is 49.7. The van der Waals surface area contributed by atoms with Crippen LogP contribution in [0.1, 0.15) is 24.1 Å². The zero-order valence-electron chi connectivity index (χ0n) is 25.9. The van der Waals surface area contributed by atoms with Gasteiger partial charge in [0.25, 0.3) is 5.91 Å². The lowest BCUT2D eigenvalue weighted by Gasteiger charge is -2.40. The zero-order chi connectivity index (χ0) is 32.1. The number of aliphatic hydroxyl groups excluding tert-OH is 1. The van der Waals surface area contributed by atoms with Gasteiger partial charge in [-0.05, 0) is 42.3 Å². The van der Waals surface area contributed by atoms with Gasteiger partial charge in [0, 0.05) is 30.1 Å². The summed E-state index contributed by atoms with van der Waals surface area (Å²) in [7, 11) is 1.59. The van der Waals surface area contributed by atoms with E-state index in [0.29, 0.717) is 31.1 Å². The van der Waals surface area contributed by atoms with Crippen LogP contribution in [-0.2, 0) is 20.9 Å². The van der Waals surface area contributed by atoms with Crippen LogP contribution in [0.3, 0.4) is 0 Å². The van der Waals surface area contributed by atoms with E-state index in [1.54, 1.807) is 28.7 Å². The number of anilines is 1. The first-order valence-electron chi connectivity index (χ1n) is 15.6. The molecule has 3 aromatic rings. The monoisotopic (exact) mass is 635 g/mol. The Morgan fingerprint density at radius 2 is 1.52 bits per heavy atom. The smallest absolute Gasteiger partial charge is 0.251 e. The van der Waals surface area contributed by atoms with Crippen LogP contribution in [0.4, 0.5) is 5.69 Å². The molecule has 1 unspecified atom stereocenters. The molecule has 2 saturated heterocycles. The molecule has 4 aliphatic rings. The Kier molecular flexibility index (Phi) is 7.77. The molecule has 8 nitrogen and oxygen atoms in total. The number of hydrogen-bond acceptors (Lipinski definition) is 6. The summed E-state index contributed by atoms with van der Waals surface area (Å²) in [6, 6.07) is 24.7. The van der Waals surface area contributed by atoms with Crippen LogP contribution in [-0.4, -0.2) is 75.0 Å². The van der Waals surface area contributed by atoms with Gasteiger partial charge >= 0.3 is 0 Å². The van der Waals surface area contributed by atoms with Gasteiger partial charge in [0.05, 0.1) is 36.3 Å². The summed E-state index contributed by atoms with van der Waals surface area (Å²) in [6.07, 6.45) is 8.06. The molecule has 0 aromatic heterocycles. The summed E-state index contributed by atoms with van der Waals surface area (Å²) in [5.74, 6) is -1.48. The molecule has 3 aromatic carbocycles. The first-order valence-corrected chi connectivity index (χ1v) is 16.4. The molecule has 0 saturated carbocycles. The van der Waals surface area contributed by atoms with Crippen LogP contribution < -0.4 is 9.64 Å². The van der Waals surface area contributed by atoms with Crippen molar-refractivity contribution in [2.45, 2.75) is 35.0 Å². The molecule has 0 bridgehead atoms. The van der Waals surface area contributed by atoms with Gasteiger partial charge in [-0.2, -0.15) is 0 Å². The van der Waals surface area contributed by atoms with Crippen LogP contribution in [0.15, 0.2) is 109 Å². The van der Waals surface area contributed by atoms with Crippen molar-refractivity contribution in [3.05, 3.63) is 120 Å². The van der Waals surface area contributed by atoms with Gasteiger partial charge in [0.1, 0.15) is 11.8 Å². The van der Waals surface area contributed by atoms with Crippen molar-refractivity contribution in [1.82, 2.24) is 9.80 Å². The second-order valence-electron chi connectivity index (χ2n) is 12.5. The fourth-order valence-electron chi connectivity index (χ4n) is 7.82. The van der Waals surface area contributed by atoms with E-state index >= 15 is 4.79 Å². The van der Waals surface area contributed by atoms with E-state index in [9.17, 15) is 14.7 Å². The lowest BCUT2D eigenvalue weighted by Crippen LogP contribution is -2.54. The molecular weight excluding hydrogens is 598 g/mol. The van der Waals surface area contributed by atoms with Crippen LogP contribution in [0, 0.1) is 11.8 Å². The predicted octanol–water partition coefficient (Wildman–Crippen LogP) is 4.62. The number of methoxy groups -OCH3 is 1. The summed E-state index contributed by atoms with van der Waals surface area (Å²) >= 11 is 1.54. The van der Waals surface area contributed by atoms with Gasteiger partial charge in [-0.1, -0.05) is 85.0 Å². The zero-order valence-corrected chi connectivity index (χ0v) is 26.7. The highest BCUT2D eigenvalue weighted by atomic mass is 32.2. The van der Waals surface area contributed by atoms with Gasteiger partial charge < -0.3 is 24.5 Å². The van der Waals surface area contributed by atoms with Crippen LogP contribution in [0.2, 0.25) is 0 Å². The summed E-state index contributed by atoms with van der Waals surface area (Å²) in [6.45, 7) is 2.82. The van der Waals surface area contributed by atoms with Crippen LogP contribution in [0.5, 0.6) is 5.75 Å². The number of carbonyl (C=O) groups is 3. The molecule has 46 heavy (non-hydrogen) atoms. The van der Waals surface area contributed by atoms with Gasteiger partial charge in [0.15, 0.2) is 0 Å². The molecule has 7 rings (SSSR count). The lowest BCUT2D eigenvalue weighted by atomic mass is 9.74. The lowest BCUT2D eigenvalue weighted by molar-refractivity contribution is -0.145. The van der Waals surface area contributed by atoms with Gasteiger partial charge in [-0.3, -0.25) is 14.4 Å². The van der Waals surface area contributed by atoms with Crippen molar-refractivity contribution in [2.75, 3.05) is 31.7 Å². The Morgan fingerprint density at radius 3 is 2.20 bits per heavy atom. The van der Waals surface area contributed by atoms with E-state index < -0.39 is 33.4 Å². The highest BCUT2D eigenvalue weighted by Gasteiger charge is 2.74. The summed E-state index contributed by atoms with van der Waals surface area (Å²) in [5.41, 5.74) is 2.42. The average Bonchev–Trinajstić information content (AvgIpc) is 3.35. The minimum Gasteiger partial charge on any atom is -0.497 e. The number of aliphatic hydroxyl groups is 1. The third-order valence-electron chi connectivity index (χ3n) is 9.87. The minimum atomic E-state index is -1.03. The molecule has 4 aliphatic heterocycles. The van der Waals surface area contributed by atoms with Crippen molar-refractivity contribution in [3.63, 3.8) is 0 Å². The molecule has 1 N–H and O–H groups in total. The van der Waals surface area contributed by atoms with Crippen LogP contribution in [0.25, 0.3) is 0 Å². The largest absolute Gasteiger partial charge is 0.497 e. The maximum Gasteiger partial charge on any atom is 0.251 e. The first-order chi connectivity index (χ1) is 22.3. The molecular formula is C37H37N3O5S. The highest BCUT2D eigenvalue weighted by molar-refractivity contribution is 8.02. The van der Waals surface area contributed by atoms with Gasteiger partial charge in [-0.25, -0.2) is 0 Å². The Hall–Kier alpha value is -4.34. The SMILES string of the molecule is COc1ccc(N2CC=C[C@]34S[C@@]5(C)C=CCN(Cc6ccccc6)C(=O)[C@H]5[C@H]3C(=O)N([C@H](CO)c3ccccc3)C4C2=O)cc1. The van der Waals surface area contributed by atoms with E-state index in [-0.39, 0.29) is 24.3 Å². The molecule has 0 aliphatic carbocycles. The molecule has 6 atom stereocenters. The maximum absolute atomic E-state index is 15.0. The maximum atomic E-state index is 15.0. The summed E-state index contributed by atoms with van der Waals surface area (Å²) in [5, 5.41) is 10.8. The van der Waals surface area contributed by atoms with Crippen molar-refractivity contribution in [1.29, 1.82) is 0 Å². The molecule has 0 radical (unpaired) electrons. The number of nitrogens with zero attached hydrogens (tertiary/aromatic N) is 3. The van der Waals surface area contributed by atoms with E-state index in [0.717, 1.165) is 11.1 Å². The third kappa shape index (κ3) is 4.75. The number of carbonyl (C=O) groups excluding carboxylic acids is 3. The number of fused-ring (bicyclic) bond motifs is 2. The van der Waals surface area contributed by atoms with Crippen molar-refractivity contribution in [2.24, 2.45) is 11.8 Å². The van der Waals surface area contributed by atoms with Crippen LogP contribution >= 0.6 is 11.8 Å². The van der Waals surface area contributed by atoms with Gasteiger partial charge in [-0.15, -0.1) is 11.8 Å². The number of rotatable bonds is 7. The topological polar surface area (TPSA) is 90.4 Å². The Balaban J connectivity index is 1.35. The third-order valence-corrected chi connectivity index (χ3v) is 11.7. The minimum absolute atomic E-state index is 0.1000. The summed E-state index contributed by atoms with van der Waals surface area (Å²) < 4.78 is 3.58. The molecule has 4 heterocycles. The second kappa shape index (κ2) is 11.8. The van der Waals surface area contributed by atoms with E-state index in [4.69, 9.17) is 4.74 Å². The van der Waals surface area contributed by atoms with E-state index in [1.165, 1.54) is 0 Å². The molecule has 9 heteroatoms. The average molecular weight is 636 g/mol. The predicted molar refractivity (Wildman–Crippen MR) is 178 cm³/mol. The Labute approximate surface area is 273 Å². The van der Waals surface area contributed by atoms with E-state index in [2.05, 4.69) is 6.08 Å². The van der Waals surface area contributed by atoms with Crippen molar-refractivity contribution >= 4 is 35.2 Å². The number of benzene rings is 3.